The fraction of sp³-hybridized carbons (Fsp3) is 0.278. The Morgan fingerprint density at radius 1 is 1.17 bits per heavy atom. The van der Waals surface area contributed by atoms with Crippen LogP contribution in [0.3, 0.4) is 0 Å². The number of anilines is 2. The zero-order valence-corrected chi connectivity index (χ0v) is 16.0. The van der Waals surface area contributed by atoms with Gasteiger partial charge in [-0.2, -0.15) is 11.8 Å². The van der Waals surface area contributed by atoms with E-state index in [1.54, 1.807) is 23.5 Å². The maximum atomic E-state index is 12.9. The molecule has 0 unspecified atom stereocenters. The van der Waals surface area contributed by atoms with Crippen molar-refractivity contribution in [3.63, 3.8) is 0 Å². The number of thioether (sulfide) groups is 1. The van der Waals surface area contributed by atoms with Crippen molar-refractivity contribution in [2.24, 2.45) is 0 Å². The quantitative estimate of drug-likeness (QED) is 0.699. The lowest BCUT2D eigenvalue weighted by Crippen LogP contribution is -2.30. The third-order valence-electron chi connectivity index (χ3n) is 3.65. The summed E-state index contributed by atoms with van der Waals surface area (Å²) in [6.45, 7) is 0.965. The van der Waals surface area contributed by atoms with E-state index in [9.17, 15) is 4.79 Å². The Hall–Kier alpha value is -1.14. The molecule has 6 heteroatoms. The van der Waals surface area contributed by atoms with Crippen LogP contribution in [0.25, 0.3) is 0 Å². The third kappa shape index (κ3) is 3.91. The zero-order chi connectivity index (χ0) is 17.1. The number of fused-ring (bicyclic) bond motifs is 2. The Bertz CT molecular complexity index is 752. The summed E-state index contributed by atoms with van der Waals surface area (Å²) in [7, 11) is 4.08. The molecule has 1 heterocycles. The molecule has 2 aromatic rings. The minimum Gasteiger partial charge on any atom is -0.309 e. The van der Waals surface area contributed by atoms with Crippen LogP contribution < -0.4 is 4.90 Å². The van der Waals surface area contributed by atoms with Crippen LogP contribution in [0.1, 0.15) is 0 Å². The first-order valence-electron chi connectivity index (χ1n) is 7.68. The molecule has 3 rings (SSSR count). The molecular weight excluding hydrogens is 360 g/mol. The van der Waals surface area contributed by atoms with Crippen LogP contribution in [-0.4, -0.2) is 43.0 Å². The van der Waals surface area contributed by atoms with E-state index in [1.807, 2.05) is 55.4 Å². The largest absolute Gasteiger partial charge is 0.309 e. The van der Waals surface area contributed by atoms with Crippen molar-refractivity contribution in [1.82, 2.24) is 4.90 Å². The molecule has 1 aliphatic heterocycles. The Kier molecular flexibility index (Phi) is 5.76. The van der Waals surface area contributed by atoms with Gasteiger partial charge in [0, 0.05) is 27.1 Å². The van der Waals surface area contributed by atoms with Crippen molar-refractivity contribution in [1.29, 1.82) is 0 Å². The smallest absolute Gasteiger partial charge is 0.241 e. The van der Waals surface area contributed by atoms with E-state index in [-0.39, 0.29) is 5.91 Å². The first-order valence-corrected chi connectivity index (χ1v) is 10.0. The highest BCUT2D eigenvalue weighted by molar-refractivity contribution is 8.00. The van der Waals surface area contributed by atoms with E-state index >= 15 is 0 Å². The molecule has 0 spiro atoms. The maximum Gasteiger partial charge on any atom is 0.241 e. The lowest BCUT2D eigenvalue weighted by atomic mass is 10.2. The highest BCUT2D eigenvalue weighted by Gasteiger charge is 2.28. The van der Waals surface area contributed by atoms with Crippen molar-refractivity contribution in [3.8, 4) is 0 Å². The van der Waals surface area contributed by atoms with Gasteiger partial charge in [-0.25, -0.2) is 0 Å². The summed E-state index contributed by atoms with van der Waals surface area (Å²) in [6.07, 6.45) is 0. The van der Waals surface area contributed by atoms with Gasteiger partial charge in [-0.15, -0.1) is 0 Å². The SMILES string of the molecule is CN(C)CCSCC(=O)N1c2ccccc2Sc2ccc(Cl)cc21. The molecule has 0 aliphatic carbocycles. The summed E-state index contributed by atoms with van der Waals surface area (Å²) in [5.41, 5.74) is 1.82. The van der Waals surface area contributed by atoms with Gasteiger partial charge < -0.3 is 4.90 Å². The van der Waals surface area contributed by atoms with Crippen LogP contribution in [0.4, 0.5) is 11.4 Å². The van der Waals surface area contributed by atoms with Gasteiger partial charge in [-0.1, -0.05) is 35.5 Å². The number of hydrogen-bond donors (Lipinski definition) is 0. The molecule has 3 nitrogen and oxygen atoms in total. The topological polar surface area (TPSA) is 23.6 Å². The minimum absolute atomic E-state index is 0.0926. The van der Waals surface area contributed by atoms with Crippen molar-refractivity contribution < 1.29 is 4.79 Å². The molecule has 0 atom stereocenters. The lowest BCUT2D eigenvalue weighted by Gasteiger charge is -2.31. The van der Waals surface area contributed by atoms with Crippen LogP contribution in [0.15, 0.2) is 52.3 Å². The van der Waals surface area contributed by atoms with Gasteiger partial charge in [-0.05, 0) is 44.4 Å². The van der Waals surface area contributed by atoms with Crippen LogP contribution in [0, 0.1) is 0 Å². The van der Waals surface area contributed by atoms with E-state index < -0.39 is 0 Å². The monoisotopic (exact) mass is 378 g/mol. The summed E-state index contributed by atoms with van der Waals surface area (Å²) >= 11 is 9.52. The molecule has 2 aromatic carbocycles. The summed E-state index contributed by atoms with van der Waals surface area (Å²) in [5.74, 6) is 1.49. The van der Waals surface area contributed by atoms with Crippen molar-refractivity contribution in [2.45, 2.75) is 9.79 Å². The van der Waals surface area contributed by atoms with Gasteiger partial charge in [0.05, 0.1) is 17.1 Å². The van der Waals surface area contributed by atoms with E-state index in [0.29, 0.717) is 10.8 Å². The highest BCUT2D eigenvalue weighted by atomic mass is 35.5. The van der Waals surface area contributed by atoms with Gasteiger partial charge in [0.25, 0.3) is 0 Å². The van der Waals surface area contributed by atoms with Crippen molar-refractivity contribution >= 4 is 52.4 Å². The number of carbonyl (C=O) groups is 1. The van der Waals surface area contributed by atoms with Crippen LogP contribution in [0.5, 0.6) is 0 Å². The second kappa shape index (κ2) is 7.83. The predicted molar refractivity (Wildman–Crippen MR) is 105 cm³/mol. The van der Waals surface area contributed by atoms with Crippen molar-refractivity contribution in [3.05, 3.63) is 47.5 Å². The third-order valence-corrected chi connectivity index (χ3v) is 5.93. The fourth-order valence-electron chi connectivity index (χ4n) is 2.47. The second-order valence-electron chi connectivity index (χ2n) is 5.77. The Morgan fingerprint density at radius 3 is 2.71 bits per heavy atom. The summed E-state index contributed by atoms with van der Waals surface area (Å²) in [4.78, 5) is 19.0. The molecule has 0 aromatic heterocycles. The van der Waals surface area contributed by atoms with E-state index in [4.69, 9.17) is 11.6 Å². The van der Waals surface area contributed by atoms with Crippen LogP contribution >= 0.6 is 35.1 Å². The van der Waals surface area contributed by atoms with Gasteiger partial charge in [0.2, 0.25) is 5.91 Å². The van der Waals surface area contributed by atoms with Crippen molar-refractivity contribution in [2.75, 3.05) is 37.0 Å². The highest BCUT2D eigenvalue weighted by Crippen LogP contribution is 2.48. The van der Waals surface area contributed by atoms with Gasteiger partial charge in [0.15, 0.2) is 0 Å². The summed E-state index contributed by atoms with van der Waals surface area (Å²) in [6, 6.07) is 13.7. The molecular formula is C18H19ClN2OS2. The number of benzene rings is 2. The number of hydrogen-bond acceptors (Lipinski definition) is 4. The Morgan fingerprint density at radius 2 is 1.92 bits per heavy atom. The van der Waals surface area contributed by atoms with Crippen LogP contribution in [0.2, 0.25) is 5.02 Å². The number of nitrogens with zero attached hydrogens (tertiary/aromatic N) is 2. The first-order chi connectivity index (χ1) is 11.6. The average molecular weight is 379 g/mol. The molecule has 0 saturated heterocycles. The second-order valence-corrected chi connectivity index (χ2v) is 8.39. The predicted octanol–water partition coefficient (Wildman–Crippen LogP) is 4.76. The Labute approximate surface area is 156 Å². The molecule has 0 fully saturated rings. The number of rotatable bonds is 5. The summed E-state index contributed by atoms with van der Waals surface area (Å²) < 4.78 is 0. The number of para-hydroxylation sites is 1. The maximum absolute atomic E-state index is 12.9. The van der Waals surface area contributed by atoms with Gasteiger partial charge in [0.1, 0.15) is 0 Å². The molecule has 1 aliphatic rings. The number of halogens is 1. The molecule has 0 bridgehead atoms. The number of carbonyl (C=O) groups excluding carboxylic acids is 1. The standard InChI is InChI=1S/C18H19ClN2OS2/c1-20(2)9-10-23-12-18(22)21-14-5-3-4-6-16(14)24-17-8-7-13(19)11-15(17)21/h3-8,11H,9-10,12H2,1-2H3. The van der Waals surface area contributed by atoms with Gasteiger partial charge >= 0.3 is 0 Å². The molecule has 0 N–H and O–H groups in total. The van der Waals surface area contributed by atoms with Gasteiger partial charge in [-0.3, -0.25) is 9.69 Å². The Balaban J connectivity index is 1.86. The zero-order valence-electron chi connectivity index (χ0n) is 13.7. The minimum atomic E-state index is 0.0926. The van der Waals surface area contributed by atoms with E-state index in [2.05, 4.69) is 11.0 Å². The molecule has 0 radical (unpaired) electrons. The summed E-state index contributed by atoms with van der Waals surface area (Å²) in [5, 5.41) is 0.645. The van der Waals surface area contributed by atoms with Crippen LogP contribution in [-0.2, 0) is 4.79 Å². The molecule has 24 heavy (non-hydrogen) atoms. The lowest BCUT2D eigenvalue weighted by molar-refractivity contribution is -0.115. The first kappa shape index (κ1) is 17.7. The molecule has 1 amide bonds. The fourth-order valence-corrected chi connectivity index (χ4v) is 4.61. The normalized spacial score (nSPS) is 12.9. The molecule has 0 saturated carbocycles. The molecule has 126 valence electrons. The average Bonchev–Trinajstić information content (AvgIpc) is 2.56. The number of amides is 1. The van der Waals surface area contributed by atoms with E-state index in [0.717, 1.165) is 33.5 Å². The van der Waals surface area contributed by atoms with E-state index in [1.165, 1.54) is 0 Å².